The van der Waals surface area contributed by atoms with Crippen LogP contribution in [0.5, 0.6) is 0 Å². The highest BCUT2D eigenvalue weighted by Gasteiger charge is 2.16. The van der Waals surface area contributed by atoms with E-state index in [0.717, 1.165) is 26.2 Å². The van der Waals surface area contributed by atoms with Crippen molar-refractivity contribution in [3.8, 4) is 0 Å². The summed E-state index contributed by atoms with van der Waals surface area (Å²) in [5, 5.41) is 4.83. The van der Waals surface area contributed by atoms with E-state index in [0.29, 0.717) is 6.04 Å². The number of nitrogens with one attached hydrogen (secondary N) is 1. The summed E-state index contributed by atoms with van der Waals surface area (Å²) in [7, 11) is 2.20. The molecule has 1 saturated heterocycles. The van der Waals surface area contributed by atoms with E-state index in [1.54, 1.807) is 0 Å². The highest BCUT2D eigenvalue weighted by Crippen LogP contribution is 2.20. The van der Waals surface area contributed by atoms with Crippen molar-refractivity contribution in [3.63, 3.8) is 0 Å². The molecule has 2 rings (SSSR count). The van der Waals surface area contributed by atoms with Crippen molar-refractivity contribution in [1.29, 1.82) is 0 Å². The van der Waals surface area contributed by atoms with Gasteiger partial charge in [0.1, 0.15) is 5.01 Å². The summed E-state index contributed by atoms with van der Waals surface area (Å²) >= 11 is 1.88. The Morgan fingerprint density at radius 2 is 2.00 bits per heavy atom. The highest BCUT2D eigenvalue weighted by molar-refractivity contribution is 7.11. The van der Waals surface area contributed by atoms with E-state index in [2.05, 4.69) is 42.9 Å². The lowest BCUT2D eigenvalue weighted by Gasteiger charge is -2.31. The van der Waals surface area contributed by atoms with Crippen molar-refractivity contribution in [2.45, 2.75) is 46.3 Å². The maximum absolute atomic E-state index is 4.75. The van der Waals surface area contributed by atoms with Gasteiger partial charge in [0, 0.05) is 43.6 Å². The van der Waals surface area contributed by atoms with Crippen LogP contribution in [0.2, 0.25) is 0 Å². The molecule has 1 atom stereocenters. The zero-order valence-electron chi connectivity index (χ0n) is 13.3. The minimum absolute atomic E-state index is 0.581. The lowest BCUT2D eigenvalue weighted by atomic mass is 10.2. The maximum Gasteiger partial charge on any atom is 0.107 e. The largest absolute Gasteiger partial charge is 0.309 e. The molecule has 1 aliphatic rings. The monoisotopic (exact) mass is 296 g/mol. The SMILES string of the molecule is CCC(C)NCc1sc(CN2CCN(C)CC2)nc1C. The number of likely N-dealkylation sites (N-methyl/N-ethyl adjacent to an activating group) is 1. The van der Waals surface area contributed by atoms with Crippen molar-refractivity contribution in [3.05, 3.63) is 15.6 Å². The number of thiazole rings is 1. The van der Waals surface area contributed by atoms with Crippen LogP contribution < -0.4 is 5.32 Å². The summed E-state index contributed by atoms with van der Waals surface area (Å²) in [6.07, 6.45) is 1.17. The third-order valence-corrected chi connectivity index (χ3v) is 5.26. The fourth-order valence-corrected chi connectivity index (χ4v) is 3.39. The van der Waals surface area contributed by atoms with E-state index < -0.39 is 0 Å². The summed E-state index contributed by atoms with van der Waals surface area (Å²) in [4.78, 5) is 11.1. The molecule has 0 spiro atoms. The minimum Gasteiger partial charge on any atom is -0.309 e. The van der Waals surface area contributed by atoms with Crippen LogP contribution in [-0.2, 0) is 13.1 Å². The number of rotatable bonds is 6. The molecule has 2 heterocycles. The molecule has 1 aliphatic heterocycles. The Kier molecular flexibility index (Phi) is 5.96. The van der Waals surface area contributed by atoms with Gasteiger partial charge in [-0.3, -0.25) is 4.90 Å². The van der Waals surface area contributed by atoms with E-state index in [1.807, 2.05) is 11.3 Å². The normalized spacial score (nSPS) is 19.4. The van der Waals surface area contributed by atoms with E-state index in [4.69, 9.17) is 4.98 Å². The van der Waals surface area contributed by atoms with Gasteiger partial charge in [0.2, 0.25) is 0 Å². The van der Waals surface area contributed by atoms with Gasteiger partial charge < -0.3 is 10.2 Å². The first-order chi connectivity index (χ1) is 9.58. The van der Waals surface area contributed by atoms with Crippen molar-refractivity contribution in [2.75, 3.05) is 33.2 Å². The van der Waals surface area contributed by atoms with Gasteiger partial charge in [0.25, 0.3) is 0 Å². The minimum atomic E-state index is 0.581. The predicted octanol–water partition coefficient (Wildman–Crippen LogP) is 2.09. The summed E-state index contributed by atoms with van der Waals surface area (Å²) in [5.41, 5.74) is 1.20. The summed E-state index contributed by atoms with van der Waals surface area (Å²) in [5.74, 6) is 0. The molecule has 1 aromatic rings. The fourth-order valence-electron chi connectivity index (χ4n) is 2.33. The molecule has 1 unspecified atom stereocenters. The first-order valence-electron chi connectivity index (χ1n) is 7.68. The van der Waals surface area contributed by atoms with Gasteiger partial charge in [-0.1, -0.05) is 6.92 Å². The summed E-state index contributed by atoms with van der Waals surface area (Å²) < 4.78 is 0. The van der Waals surface area contributed by atoms with Gasteiger partial charge in [-0.05, 0) is 27.3 Å². The Balaban J connectivity index is 1.86. The van der Waals surface area contributed by atoms with E-state index in [-0.39, 0.29) is 0 Å². The molecule has 5 heteroatoms. The predicted molar refractivity (Wildman–Crippen MR) is 86.2 cm³/mol. The van der Waals surface area contributed by atoms with Gasteiger partial charge in [0.15, 0.2) is 0 Å². The number of aryl methyl sites for hydroxylation is 1. The average molecular weight is 296 g/mol. The third-order valence-electron chi connectivity index (χ3n) is 4.12. The van der Waals surface area contributed by atoms with Crippen LogP contribution in [0.15, 0.2) is 0 Å². The molecule has 114 valence electrons. The molecular formula is C15H28N4S. The second kappa shape index (κ2) is 7.50. The lowest BCUT2D eigenvalue weighted by Crippen LogP contribution is -2.43. The Bertz CT molecular complexity index is 410. The first-order valence-corrected chi connectivity index (χ1v) is 8.49. The molecule has 4 nitrogen and oxygen atoms in total. The summed E-state index contributed by atoms with van der Waals surface area (Å²) in [6.45, 7) is 13.2. The van der Waals surface area contributed by atoms with Crippen molar-refractivity contribution < 1.29 is 0 Å². The first kappa shape index (κ1) is 15.9. The van der Waals surface area contributed by atoms with Gasteiger partial charge in [0.05, 0.1) is 12.2 Å². The quantitative estimate of drug-likeness (QED) is 0.871. The van der Waals surface area contributed by atoms with Crippen LogP contribution >= 0.6 is 11.3 Å². The fraction of sp³-hybridized carbons (Fsp3) is 0.800. The van der Waals surface area contributed by atoms with Crippen LogP contribution in [0.25, 0.3) is 0 Å². The third kappa shape index (κ3) is 4.52. The molecule has 1 N–H and O–H groups in total. The molecule has 0 aliphatic carbocycles. The molecule has 0 amide bonds. The second-order valence-electron chi connectivity index (χ2n) is 5.89. The van der Waals surface area contributed by atoms with Crippen LogP contribution in [-0.4, -0.2) is 54.1 Å². The standard InChI is InChI=1S/C15H28N4S/c1-5-12(2)16-10-14-13(3)17-15(20-14)11-19-8-6-18(4)7-9-19/h12,16H,5-11H2,1-4H3. The lowest BCUT2D eigenvalue weighted by molar-refractivity contribution is 0.148. The molecule has 0 saturated carbocycles. The number of hydrogen-bond acceptors (Lipinski definition) is 5. The molecule has 1 fully saturated rings. The molecule has 0 radical (unpaired) electrons. The Morgan fingerprint density at radius 1 is 1.30 bits per heavy atom. The van der Waals surface area contributed by atoms with Crippen LogP contribution in [0.3, 0.4) is 0 Å². The number of hydrogen-bond donors (Lipinski definition) is 1. The van der Waals surface area contributed by atoms with E-state index in [1.165, 1.54) is 35.1 Å². The van der Waals surface area contributed by atoms with E-state index >= 15 is 0 Å². The zero-order chi connectivity index (χ0) is 14.5. The number of nitrogens with zero attached hydrogens (tertiary/aromatic N) is 3. The van der Waals surface area contributed by atoms with Gasteiger partial charge in [-0.15, -0.1) is 11.3 Å². The second-order valence-corrected chi connectivity index (χ2v) is 7.05. The molecular weight excluding hydrogens is 268 g/mol. The number of aromatic nitrogens is 1. The van der Waals surface area contributed by atoms with Crippen molar-refractivity contribution in [1.82, 2.24) is 20.1 Å². The summed E-state index contributed by atoms with van der Waals surface area (Å²) in [6, 6.07) is 0.581. The molecule has 20 heavy (non-hydrogen) atoms. The van der Waals surface area contributed by atoms with Crippen LogP contribution in [0, 0.1) is 6.92 Å². The average Bonchev–Trinajstić information content (AvgIpc) is 2.78. The maximum atomic E-state index is 4.75. The van der Waals surface area contributed by atoms with E-state index in [9.17, 15) is 0 Å². The zero-order valence-corrected chi connectivity index (χ0v) is 14.1. The Labute approximate surface area is 127 Å². The van der Waals surface area contributed by atoms with Gasteiger partial charge in [-0.25, -0.2) is 4.98 Å². The number of piperazine rings is 1. The van der Waals surface area contributed by atoms with Crippen molar-refractivity contribution in [2.24, 2.45) is 0 Å². The molecule has 0 bridgehead atoms. The van der Waals surface area contributed by atoms with Crippen LogP contribution in [0.1, 0.15) is 35.8 Å². The Morgan fingerprint density at radius 3 is 2.65 bits per heavy atom. The van der Waals surface area contributed by atoms with Crippen molar-refractivity contribution >= 4 is 11.3 Å². The molecule has 0 aromatic carbocycles. The molecule has 1 aromatic heterocycles. The van der Waals surface area contributed by atoms with Gasteiger partial charge >= 0.3 is 0 Å². The highest BCUT2D eigenvalue weighted by atomic mass is 32.1. The van der Waals surface area contributed by atoms with Crippen LogP contribution in [0.4, 0.5) is 0 Å². The Hall–Kier alpha value is -0.490. The topological polar surface area (TPSA) is 31.4 Å². The van der Waals surface area contributed by atoms with Gasteiger partial charge in [-0.2, -0.15) is 0 Å². The smallest absolute Gasteiger partial charge is 0.107 e.